The molecule has 8 heterocycles. The standard InChI is InChI=1S/C78H70B3N3O3S4/c1-88-83-59-28-57-53(80-69-58(82-57)20-48(76-30-39-11-40(31-76)13-41(12-39)32-76)23-64(69)86-72-51-7-3-5-9-67(51)90-74(72)80)26-54(59)79-55-27-56-63(29-60(55)84(89-2)62-22-49(21-61(83)70(62)79)77-33-42-14-43(34-77)16-44(15-42)35-77)85-65-24-50(78-36-45-17-46(37-78)19-47(18-45)38-78)25-66-71(65)81(56)75-73(87-66)52-8-4-6-10-68(52)91-75/h3-10,20-29,39-47,82H,11-19,30-38H2,1-2H3. The van der Waals surface area contributed by atoms with Crippen LogP contribution in [0.15, 0.2) is 109 Å². The predicted molar refractivity (Wildman–Crippen MR) is 384 cm³/mol. The zero-order chi connectivity index (χ0) is 58.9. The van der Waals surface area contributed by atoms with Gasteiger partial charge in [0.2, 0.25) is 0 Å². The minimum atomic E-state index is -0.0371. The fraction of sp³-hybridized carbons (Fsp3) is 0.410. The molecule has 0 unspecified atom stereocenters. The van der Waals surface area contributed by atoms with Crippen molar-refractivity contribution in [2.45, 2.75) is 132 Å². The van der Waals surface area contributed by atoms with Gasteiger partial charge in [0.05, 0.1) is 17.1 Å². The van der Waals surface area contributed by atoms with Gasteiger partial charge in [-0.3, -0.25) is 8.61 Å². The third-order valence-electron chi connectivity index (χ3n) is 27.6. The van der Waals surface area contributed by atoms with Crippen LogP contribution in [0.2, 0.25) is 0 Å². The molecule has 9 aromatic rings. The molecule has 91 heavy (non-hydrogen) atoms. The first kappa shape index (κ1) is 51.6. The summed E-state index contributed by atoms with van der Waals surface area (Å²) in [6, 6.07) is 44.4. The highest BCUT2D eigenvalue weighted by Crippen LogP contribution is 2.65. The van der Waals surface area contributed by atoms with Crippen LogP contribution in [0.1, 0.15) is 132 Å². The van der Waals surface area contributed by atoms with Gasteiger partial charge < -0.3 is 19.5 Å². The van der Waals surface area contributed by atoms with Crippen LogP contribution >= 0.6 is 46.6 Å². The summed E-state index contributed by atoms with van der Waals surface area (Å²) in [5.74, 6) is 13.9. The lowest BCUT2D eigenvalue weighted by Gasteiger charge is -2.57. The van der Waals surface area contributed by atoms with Crippen LogP contribution in [-0.2, 0) is 16.2 Å². The van der Waals surface area contributed by atoms with Gasteiger partial charge in [-0.05, 0) is 325 Å². The van der Waals surface area contributed by atoms with E-state index >= 15 is 0 Å². The summed E-state index contributed by atoms with van der Waals surface area (Å²) >= 11 is 7.68. The van der Waals surface area contributed by atoms with Gasteiger partial charge in [-0.25, -0.2) is 0 Å². The molecule has 448 valence electrons. The Balaban J connectivity index is 0.738. The van der Waals surface area contributed by atoms with Crippen molar-refractivity contribution in [3.8, 4) is 34.5 Å². The predicted octanol–water partition coefficient (Wildman–Crippen LogP) is 14.9. The maximum Gasteiger partial charge on any atom is 0.273 e. The second-order valence-electron chi connectivity index (χ2n) is 32.6. The van der Waals surface area contributed by atoms with E-state index in [-0.39, 0.29) is 36.4 Å². The van der Waals surface area contributed by atoms with E-state index in [0.29, 0.717) is 0 Å². The summed E-state index contributed by atoms with van der Waals surface area (Å²) in [5.41, 5.74) is 22.4. The van der Waals surface area contributed by atoms with Gasteiger partial charge in [0.25, 0.3) is 20.1 Å². The van der Waals surface area contributed by atoms with E-state index in [9.17, 15) is 0 Å². The lowest BCUT2D eigenvalue weighted by atomic mass is 9.30. The molecule has 0 saturated heterocycles. The third kappa shape index (κ3) is 6.70. The number of anilines is 6. The summed E-state index contributed by atoms with van der Waals surface area (Å²) < 4.78 is 33.2. The molecule has 0 atom stereocenters. The average Bonchev–Trinajstić information content (AvgIpc) is 1.48. The highest BCUT2D eigenvalue weighted by atomic mass is 32.2. The van der Waals surface area contributed by atoms with Gasteiger partial charge in [0.1, 0.15) is 34.5 Å². The molecule has 0 amide bonds. The Bertz CT molecular complexity index is 4480. The fourth-order valence-electron chi connectivity index (χ4n) is 25.6. The maximum atomic E-state index is 7.71. The topological polar surface area (TPSA) is 46.2 Å². The quantitative estimate of drug-likeness (QED) is 0.135. The highest BCUT2D eigenvalue weighted by molar-refractivity contribution is 8.00. The number of thiophene rings is 2. The van der Waals surface area contributed by atoms with Crippen LogP contribution in [0, 0.1) is 53.3 Å². The van der Waals surface area contributed by atoms with Crippen molar-refractivity contribution in [3.05, 3.63) is 126 Å². The third-order valence-corrected chi connectivity index (χ3v) is 31.6. The zero-order valence-corrected chi connectivity index (χ0v) is 55.1. The molecule has 12 saturated carbocycles. The second-order valence-corrected chi connectivity index (χ2v) is 36.2. The van der Waals surface area contributed by atoms with Crippen molar-refractivity contribution >= 4 is 169 Å². The van der Waals surface area contributed by atoms with E-state index in [1.807, 2.05) is 46.6 Å². The van der Waals surface area contributed by atoms with Crippen molar-refractivity contribution in [1.82, 2.24) is 0 Å². The van der Waals surface area contributed by atoms with E-state index in [0.717, 1.165) is 87.8 Å². The minimum absolute atomic E-state index is 0.0229. The highest BCUT2D eigenvalue weighted by Gasteiger charge is 2.58. The number of nitrogens with zero attached hydrogens (tertiary/aromatic N) is 2. The molecule has 0 radical (unpaired) electrons. The van der Waals surface area contributed by atoms with Crippen LogP contribution in [0.4, 0.5) is 34.1 Å². The van der Waals surface area contributed by atoms with Crippen LogP contribution in [-0.4, -0.2) is 32.6 Å². The number of rotatable bonds is 5. The molecule has 6 aliphatic heterocycles. The van der Waals surface area contributed by atoms with Crippen LogP contribution in [0.3, 0.4) is 0 Å². The van der Waals surface area contributed by atoms with Crippen LogP contribution in [0.5, 0.6) is 34.5 Å². The molecule has 12 bridgehead atoms. The lowest BCUT2D eigenvalue weighted by molar-refractivity contribution is -0.00539. The van der Waals surface area contributed by atoms with Gasteiger partial charge in [0.15, 0.2) is 0 Å². The van der Waals surface area contributed by atoms with E-state index in [4.69, 9.17) is 14.2 Å². The Labute approximate surface area is 550 Å². The zero-order valence-electron chi connectivity index (χ0n) is 51.8. The number of ether oxygens (including phenoxy) is 3. The van der Waals surface area contributed by atoms with Gasteiger partial charge in [-0.1, -0.05) is 36.4 Å². The fourth-order valence-corrected chi connectivity index (χ4v) is 29.5. The number of hydrogen-bond donors (Lipinski definition) is 1. The van der Waals surface area contributed by atoms with Crippen LogP contribution in [0.25, 0.3) is 20.2 Å². The molecule has 13 heteroatoms. The van der Waals surface area contributed by atoms with Gasteiger partial charge >= 0.3 is 0 Å². The smallest absolute Gasteiger partial charge is 0.273 e. The SMILES string of the molecule is CSN1c2cc3c(cc2B2c4cc5c(cc4N(SC)c4cc(C67CC8CC(CC(C8)C6)C7)cc1c42)Oc1cc(C24CC6CC(CC(C6)C2)C4)cc2c1B5c1sc4ccccc4c1O2)B1c2sc4ccccc4c2Oc2cc(C45CC6CC(CC(C6)C4)C5)cc(c21)N3. The molecule has 27 rings (SSSR count). The summed E-state index contributed by atoms with van der Waals surface area (Å²) in [4.78, 5) is 0. The Morgan fingerprint density at radius 3 is 1.31 bits per heavy atom. The van der Waals surface area contributed by atoms with Crippen molar-refractivity contribution in [2.75, 3.05) is 26.4 Å². The number of hydrogen-bond acceptors (Lipinski definition) is 10. The number of fused-ring (bicyclic) bond motifs is 16. The minimum Gasteiger partial charge on any atom is -0.458 e. The Kier molecular flexibility index (Phi) is 9.94. The van der Waals surface area contributed by atoms with Gasteiger partial charge in [-0.2, -0.15) is 0 Å². The molecule has 0 spiro atoms. The summed E-state index contributed by atoms with van der Waals surface area (Å²) in [6.07, 6.45) is 29.5. The molecular formula is C78H70B3N3O3S4. The van der Waals surface area contributed by atoms with Crippen molar-refractivity contribution in [3.63, 3.8) is 0 Å². The molecule has 7 aromatic carbocycles. The summed E-state index contributed by atoms with van der Waals surface area (Å²) in [6.45, 7) is -0.0438. The lowest BCUT2D eigenvalue weighted by Crippen LogP contribution is -2.65. The van der Waals surface area contributed by atoms with Crippen molar-refractivity contribution < 1.29 is 14.2 Å². The number of nitrogens with one attached hydrogen (secondary N) is 1. The first-order chi connectivity index (χ1) is 44.7. The van der Waals surface area contributed by atoms with E-state index < -0.39 is 0 Å². The molecule has 12 aliphatic carbocycles. The van der Waals surface area contributed by atoms with Crippen molar-refractivity contribution in [2.24, 2.45) is 53.3 Å². The van der Waals surface area contributed by atoms with Gasteiger partial charge in [-0.15, -0.1) is 22.7 Å². The Morgan fingerprint density at radius 2 is 0.813 bits per heavy atom. The largest absolute Gasteiger partial charge is 0.458 e. The second kappa shape index (κ2) is 17.5. The molecule has 2 aromatic heterocycles. The summed E-state index contributed by atoms with van der Waals surface area (Å²) in [5, 5.41) is 6.78. The molecule has 6 nitrogen and oxygen atoms in total. The van der Waals surface area contributed by atoms with E-state index in [1.165, 1.54) is 229 Å². The molecule has 12 fully saturated rings. The van der Waals surface area contributed by atoms with Crippen molar-refractivity contribution in [1.29, 1.82) is 0 Å². The first-order valence-electron chi connectivity index (χ1n) is 35.1. The summed E-state index contributed by atoms with van der Waals surface area (Å²) in [7, 11) is 0. The van der Waals surface area contributed by atoms with E-state index in [2.05, 4.69) is 136 Å². The molecular weight excluding hydrogens is 1190 g/mol. The normalized spacial score (nSPS) is 32.1. The number of benzene rings is 7. The molecule has 18 aliphatic rings. The monoisotopic (exact) mass is 1260 g/mol. The maximum absolute atomic E-state index is 7.71. The van der Waals surface area contributed by atoms with E-state index in [1.54, 1.807) is 5.56 Å². The van der Waals surface area contributed by atoms with Gasteiger partial charge in [0, 0.05) is 70.8 Å². The van der Waals surface area contributed by atoms with Crippen LogP contribution < -0.4 is 75.9 Å². The molecule has 1 N–H and O–H groups in total. The Morgan fingerprint density at radius 1 is 0.396 bits per heavy atom. The Hall–Kier alpha value is -5.85. The average molecular weight is 1260 g/mol. The first-order valence-corrected chi connectivity index (χ1v) is 39.1.